The first-order valence-corrected chi connectivity index (χ1v) is 7.45. The summed E-state index contributed by atoms with van der Waals surface area (Å²) in [6.45, 7) is 4.83. The van der Waals surface area contributed by atoms with E-state index < -0.39 is 5.97 Å². The third-order valence-corrected chi connectivity index (χ3v) is 3.61. The Morgan fingerprint density at radius 3 is 2.76 bits per heavy atom. The standard InChI is InChI=1S/C14H25N3O4/c1-10(13(19)20)5-3-6-11(2)16-14(21)17-8-4-7-15-12(18)9-17/h10-11H,3-9H2,1-2H3,(H,15,18)(H,16,21)(H,19,20). The quantitative estimate of drug-likeness (QED) is 0.675. The molecule has 0 bridgehead atoms. The molecule has 1 aliphatic heterocycles. The fourth-order valence-corrected chi connectivity index (χ4v) is 2.21. The molecule has 1 aliphatic rings. The summed E-state index contributed by atoms with van der Waals surface area (Å²) in [6, 6.07) is -0.268. The van der Waals surface area contributed by atoms with Crippen molar-refractivity contribution in [3.05, 3.63) is 0 Å². The van der Waals surface area contributed by atoms with Crippen LogP contribution in [0.3, 0.4) is 0 Å². The van der Waals surface area contributed by atoms with E-state index in [1.54, 1.807) is 6.92 Å². The lowest BCUT2D eigenvalue weighted by atomic mass is 10.0. The van der Waals surface area contributed by atoms with E-state index in [1.807, 2.05) is 6.92 Å². The molecule has 2 atom stereocenters. The van der Waals surface area contributed by atoms with Crippen LogP contribution >= 0.6 is 0 Å². The van der Waals surface area contributed by atoms with Crippen LogP contribution in [0.15, 0.2) is 0 Å². The SMILES string of the molecule is CC(CCCC(C)C(=O)O)NC(=O)N1CCCNC(=O)C1. The maximum atomic E-state index is 12.1. The van der Waals surface area contributed by atoms with E-state index in [9.17, 15) is 14.4 Å². The van der Waals surface area contributed by atoms with Crippen molar-refractivity contribution in [3.63, 3.8) is 0 Å². The molecule has 1 heterocycles. The molecule has 0 spiro atoms. The first-order valence-electron chi connectivity index (χ1n) is 7.45. The number of nitrogens with one attached hydrogen (secondary N) is 2. The predicted molar refractivity (Wildman–Crippen MR) is 77.8 cm³/mol. The summed E-state index contributed by atoms with van der Waals surface area (Å²) in [4.78, 5) is 35.7. The number of carboxylic acids is 1. The average Bonchev–Trinajstić information content (AvgIpc) is 2.63. The number of carboxylic acid groups (broad SMARTS) is 1. The summed E-state index contributed by atoms with van der Waals surface area (Å²) >= 11 is 0. The zero-order valence-corrected chi connectivity index (χ0v) is 12.7. The zero-order valence-electron chi connectivity index (χ0n) is 12.7. The molecule has 3 amide bonds. The number of rotatable bonds is 6. The molecule has 7 nitrogen and oxygen atoms in total. The normalized spacial score (nSPS) is 18.4. The maximum absolute atomic E-state index is 12.1. The number of nitrogens with zero attached hydrogens (tertiary/aromatic N) is 1. The predicted octanol–water partition coefficient (Wildman–Crippen LogP) is 0.797. The highest BCUT2D eigenvalue weighted by Crippen LogP contribution is 2.10. The molecule has 3 N–H and O–H groups in total. The summed E-state index contributed by atoms with van der Waals surface area (Å²) in [7, 11) is 0. The average molecular weight is 299 g/mol. The highest BCUT2D eigenvalue weighted by atomic mass is 16.4. The van der Waals surface area contributed by atoms with E-state index in [2.05, 4.69) is 10.6 Å². The van der Waals surface area contributed by atoms with Crippen LogP contribution in [0.25, 0.3) is 0 Å². The molecule has 0 saturated carbocycles. The molecular weight excluding hydrogens is 274 g/mol. The number of urea groups is 1. The van der Waals surface area contributed by atoms with Gasteiger partial charge in [-0.1, -0.05) is 13.3 Å². The second-order valence-corrected chi connectivity index (χ2v) is 5.65. The van der Waals surface area contributed by atoms with Gasteiger partial charge in [-0.05, 0) is 26.2 Å². The van der Waals surface area contributed by atoms with Gasteiger partial charge in [-0.3, -0.25) is 9.59 Å². The minimum absolute atomic E-state index is 0.0372. The molecule has 0 aliphatic carbocycles. The van der Waals surface area contributed by atoms with Gasteiger partial charge in [0.15, 0.2) is 0 Å². The molecule has 0 aromatic heterocycles. The van der Waals surface area contributed by atoms with Gasteiger partial charge in [0.25, 0.3) is 0 Å². The van der Waals surface area contributed by atoms with Crippen molar-refractivity contribution in [1.82, 2.24) is 15.5 Å². The minimum atomic E-state index is -0.790. The molecule has 0 aromatic rings. The van der Waals surface area contributed by atoms with Gasteiger partial charge < -0.3 is 20.6 Å². The van der Waals surface area contributed by atoms with Crippen LogP contribution in [-0.4, -0.2) is 53.6 Å². The Morgan fingerprint density at radius 1 is 1.38 bits per heavy atom. The summed E-state index contributed by atoms with van der Waals surface area (Å²) in [5.41, 5.74) is 0. The van der Waals surface area contributed by atoms with Crippen molar-refractivity contribution >= 4 is 17.9 Å². The van der Waals surface area contributed by atoms with Gasteiger partial charge in [0.05, 0.1) is 5.92 Å². The number of aliphatic carboxylic acids is 1. The maximum Gasteiger partial charge on any atom is 0.318 e. The fourth-order valence-electron chi connectivity index (χ4n) is 2.21. The molecule has 21 heavy (non-hydrogen) atoms. The van der Waals surface area contributed by atoms with Crippen LogP contribution in [0.4, 0.5) is 4.79 Å². The Labute approximate surface area is 125 Å². The Kier molecular flexibility index (Phi) is 6.98. The number of carbonyl (C=O) groups excluding carboxylic acids is 2. The number of hydrogen-bond donors (Lipinski definition) is 3. The largest absolute Gasteiger partial charge is 0.481 e. The number of hydrogen-bond acceptors (Lipinski definition) is 3. The summed E-state index contributed by atoms with van der Waals surface area (Å²) < 4.78 is 0. The Morgan fingerprint density at radius 2 is 2.10 bits per heavy atom. The molecule has 1 fully saturated rings. The lowest BCUT2D eigenvalue weighted by Crippen LogP contribution is -2.46. The third-order valence-electron chi connectivity index (χ3n) is 3.61. The van der Waals surface area contributed by atoms with Gasteiger partial charge in [0.2, 0.25) is 5.91 Å². The van der Waals surface area contributed by atoms with Gasteiger partial charge in [0.1, 0.15) is 6.54 Å². The van der Waals surface area contributed by atoms with Gasteiger partial charge >= 0.3 is 12.0 Å². The van der Waals surface area contributed by atoms with Crippen LogP contribution in [0.5, 0.6) is 0 Å². The van der Waals surface area contributed by atoms with E-state index in [0.717, 1.165) is 19.3 Å². The van der Waals surface area contributed by atoms with E-state index in [1.165, 1.54) is 4.90 Å². The monoisotopic (exact) mass is 299 g/mol. The van der Waals surface area contributed by atoms with E-state index >= 15 is 0 Å². The van der Waals surface area contributed by atoms with Crippen LogP contribution in [0, 0.1) is 5.92 Å². The highest BCUT2D eigenvalue weighted by Gasteiger charge is 2.20. The van der Waals surface area contributed by atoms with Crippen molar-refractivity contribution in [2.75, 3.05) is 19.6 Å². The lowest BCUT2D eigenvalue weighted by Gasteiger charge is -2.22. The van der Waals surface area contributed by atoms with E-state index in [-0.39, 0.29) is 30.4 Å². The molecule has 0 aromatic carbocycles. The molecule has 0 radical (unpaired) electrons. The highest BCUT2D eigenvalue weighted by molar-refractivity contribution is 5.84. The fraction of sp³-hybridized carbons (Fsp3) is 0.786. The van der Waals surface area contributed by atoms with Gasteiger partial charge in [-0.15, -0.1) is 0 Å². The molecule has 1 saturated heterocycles. The Bertz CT molecular complexity index is 386. The van der Waals surface area contributed by atoms with Crippen molar-refractivity contribution in [2.45, 2.75) is 45.6 Å². The lowest BCUT2D eigenvalue weighted by molar-refractivity contribution is -0.141. The minimum Gasteiger partial charge on any atom is -0.481 e. The Balaban J connectivity index is 2.29. The van der Waals surface area contributed by atoms with E-state index in [4.69, 9.17) is 5.11 Å². The number of carbonyl (C=O) groups is 3. The molecule has 2 unspecified atom stereocenters. The summed E-state index contributed by atoms with van der Waals surface area (Å²) in [5.74, 6) is -1.28. The van der Waals surface area contributed by atoms with Gasteiger partial charge in [0, 0.05) is 19.1 Å². The van der Waals surface area contributed by atoms with Crippen LogP contribution in [0.2, 0.25) is 0 Å². The van der Waals surface area contributed by atoms with Crippen molar-refractivity contribution in [3.8, 4) is 0 Å². The smallest absolute Gasteiger partial charge is 0.318 e. The third kappa shape index (κ3) is 6.46. The second kappa shape index (κ2) is 8.49. The molecular formula is C14H25N3O4. The topological polar surface area (TPSA) is 98.7 Å². The van der Waals surface area contributed by atoms with Crippen molar-refractivity contribution in [2.24, 2.45) is 5.92 Å². The summed E-state index contributed by atoms with van der Waals surface area (Å²) in [5, 5.41) is 14.4. The van der Waals surface area contributed by atoms with Crippen LogP contribution in [-0.2, 0) is 9.59 Å². The van der Waals surface area contributed by atoms with Crippen molar-refractivity contribution < 1.29 is 19.5 Å². The number of amides is 3. The zero-order chi connectivity index (χ0) is 15.8. The molecule has 7 heteroatoms. The van der Waals surface area contributed by atoms with Gasteiger partial charge in [-0.25, -0.2) is 4.79 Å². The van der Waals surface area contributed by atoms with Crippen LogP contribution < -0.4 is 10.6 Å². The van der Waals surface area contributed by atoms with Crippen LogP contribution in [0.1, 0.15) is 39.5 Å². The molecule has 1 rings (SSSR count). The summed E-state index contributed by atoms with van der Waals surface area (Å²) in [6.07, 6.45) is 2.82. The van der Waals surface area contributed by atoms with Crippen molar-refractivity contribution in [1.29, 1.82) is 0 Å². The molecule has 120 valence electrons. The second-order valence-electron chi connectivity index (χ2n) is 5.65. The first kappa shape index (κ1) is 17.3. The Hall–Kier alpha value is -1.79. The first-order chi connectivity index (χ1) is 9.90. The van der Waals surface area contributed by atoms with Gasteiger partial charge in [-0.2, -0.15) is 0 Å². The van der Waals surface area contributed by atoms with E-state index in [0.29, 0.717) is 19.5 Å².